The number of carbonyl (C=O) groups is 1. The van der Waals surface area contributed by atoms with Crippen molar-refractivity contribution < 1.29 is 22.7 Å². The van der Waals surface area contributed by atoms with Crippen molar-refractivity contribution in [2.24, 2.45) is 0 Å². The van der Waals surface area contributed by atoms with Gasteiger partial charge in [0.15, 0.2) is 0 Å². The van der Waals surface area contributed by atoms with Crippen LogP contribution in [0.2, 0.25) is 0 Å². The van der Waals surface area contributed by atoms with Crippen LogP contribution in [0, 0.1) is 0 Å². The zero-order chi connectivity index (χ0) is 16.4. The molecule has 122 valence electrons. The Morgan fingerprint density at radius 2 is 1.95 bits per heavy atom. The fourth-order valence-corrected chi connectivity index (χ4v) is 2.85. The van der Waals surface area contributed by atoms with Gasteiger partial charge in [-0.25, -0.2) is 0 Å². The van der Waals surface area contributed by atoms with Crippen molar-refractivity contribution in [1.82, 2.24) is 5.32 Å². The molecule has 1 atom stereocenters. The molecule has 2 rings (SSSR count). The van der Waals surface area contributed by atoms with Crippen molar-refractivity contribution in [2.45, 2.75) is 38.6 Å². The minimum atomic E-state index is -4.68. The maximum atomic E-state index is 12.1. The Morgan fingerprint density at radius 3 is 2.50 bits per heavy atom. The van der Waals surface area contributed by atoms with Crippen molar-refractivity contribution in [3.63, 3.8) is 0 Å². The number of carbonyl (C=O) groups excluding carboxylic acids is 1. The Bertz CT molecular complexity index is 531. The van der Waals surface area contributed by atoms with Crippen molar-refractivity contribution in [3.05, 3.63) is 24.3 Å². The number of halogens is 3. The van der Waals surface area contributed by atoms with Crippen LogP contribution in [-0.4, -0.2) is 30.9 Å². The third kappa shape index (κ3) is 4.54. The van der Waals surface area contributed by atoms with E-state index in [1.54, 1.807) is 12.1 Å². The highest BCUT2D eigenvalue weighted by Gasteiger charge is 2.33. The summed E-state index contributed by atoms with van der Waals surface area (Å²) in [6.45, 7) is 4.87. The average molecular weight is 316 g/mol. The zero-order valence-corrected chi connectivity index (χ0v) is 12.5. The van der Waals surface area contributed by atoms with Gasteiger partial charge in [0, 0.05) is 25.7 Å². The Labute approximate surface area is 127 Å². The van der Waals surface area contributed by atoms with Crippen LogP contribution in [-0.2, 0) is 4.79 Å². The molecule has 1 aromatic carbocycles. The molecule has 7 heteroatoms. The van der Waals surface area contributed by atoms with Crippen molar-refractivity contribution in [2.75, 3.05) is 18.0 Å². The molecule has 0 spiro atoms. The van der Waals surface area contributed by atoms with Gasteiger partial charge in [-0.2, -0.15) is 0 Å². The van der Waals surface area contributed by atoms with E-state index < -0.39 is 6.36 Å². The predicted molar refractivity (Wildman–Crippen MR) is 76.8 cm³/mol. The fraction of sp³-hybridized carbons (Fsp3) is 0.533. The second kappa shape index (κ2) is 6.06. The number of piperidine rings is 1. The summed E-state index contributed by atoms with van der Waals surface area (Å²) in [7, 11) is 0. The summed E-state index contributed by atoms with van der Waals surface area (Å²) in [6, 6.07) is 5.79. The van der Waals surface area contributed by atoms with E-state index in [0.717, 1.165) is 25.1 Å². The van der Waals surface area contributed by atoms with E-state index in [0.29, 0.717) is 6.54 Å². The monoisotopic (exact) mass is 316 g/mol. The molecule has 0 aliphatic carbocycles. The van der Waals surface area contributed by atoms with Gasteiger partial charge >= 0.3 is 6.36 Å². The van der Waals surface area contributed by atoms with Crippen LogP contribution < -0.4 is 15.0 Å². The minimum absolute atomic E-state index is 0.0849. The molecule has 1 saturated heterocycles. The number of hydrogen-bond donors (Lipinski definition) is 1. The quantitative estimate of drug-likeness (QED) is 0.932. The smallest absolute Gasteiger partial charge is 0.406 e. The molecule has 1 aliphatic rings. The Hall–Kier alpha value is -1.92. The molecule has 4 nitrogen and oxygen atoms in total. The van der Waals surface area contributed by atoms with E-state index in [1.165, 1.54) is 19.1 Å². The maximum Gasteiger partial charge on any atom is 0.573 e. The van der Waals surface area contributed by atoms with Crippen LogP contribution in [0.25, 0.3) is 0 Å². The van der Waals surface area contributed by atoms with Crippen LogP contribution in [0.5, 0.6) is 5.75 Å². The van der Waals surface area contributed by atoms with Gasteiger partial charge in [-0.3, -0.25) is 4.79 Å². The maximum absolute atomic E-state index is 12.1. The first-order valence-electron chi connectivity index (χ1n) is 7.06. The van der Waals surface area contributed by atoms with E-state index in [2.05, 4.69) is 15.0 Å². The molecule has 0 bridgehead atoms. The summed E-state index contributed by atoms with van der Waals surface area (Å²) >= 11 is 0. The van der Waals surface area contributed by atoms with Gasteiger partial charge in [0.2, 0.25) is 5.91 Å². The van der Waals surface area contributed by atoms with Gasteiger partial charge in [0.25, 0.3) is 0 Å². The second-order valence-corrected chi connectivity index (χ2v) is 5.81. The molecule has 1 unspecified atom stereocenters. The summed E-state index contributed by atoms with van der Waals surface area (Å²) < 4.78 is 40.3. The van der Waals surface area contributed by atoms with Gasteiger partial charge in [-0.05, 0) is 44.0 Å². The van der Waals surface area contributed by atoms with Gasteiger partial charge in [0.1, 0.15) is 5.75 Å². The summed E-state index contributed by atoms with van der Waals surface area (Å²) in [4.78, 5) is 13.3. The van der Waals surface area contributed by atoms with Gasteiger partial charge in [-0.15, -0.1) is 13.2 Å². The number of anilines is 1. The number of nitrogens with one attached hydrogen (secondary N) is 1. The molecule has 0 saturated carbocycles. The summed E-state index contributed by atoms with van der Waals surface area (Å²) in [5.41, 5.74) is 0.483. The average Bonchev–Trinajstić information content (AvgIpc) is 2.36. The van der Waals surface area contributed by atoms with Crippen LogP contribution >= 0.6 is 0 Å². The molecule has 1 amide bonds. The van der Waals surface area contributed by atoms with Crippen LogP contribution in [0.1, 0.15) is 26.7 Å². The Morgan fingerprint density at radius 1 is 1.32 bits per heavy atom. The number of ether oxygens (including phenoxy) is 1. The van der Waals surface area contributed by atoms with E-state index >= 15 is 0 Å². The topological polar surface area (TPSA) is 41.6 Å². The lowest BCUT2D eigenvalue weighted by Crippen LogP contribution is -2.56. The molecule has 22 heavy (non-hydrogen) atoms. The number of amides is 1. The van der Waals surface area contributed by atoms with Crippen LogP contribution in [0.4, 0.5) is 18.9 Å². The number of hydrogen-bond acceptors (Lipinski definition) is 3. The Balaban J connectivity index is 2.06. The molecule has 0 radical (unpaired) electrons. The Kier molecular flexibility index (Phi) is 4.53. The van der Waals surface area contributed by atoms with Gasteiger partial charge in [0.05, 0.1) is 5.54 Å². The number of alkyl halides is 3. The second-order valence-electron chi connectivity index (χ2n) is 5.81. The molecule has 0 aromatic heterocycles. The lowest BCUT2D eigenvalue weighted by atomic mass is 9.90. The van der Waals surface area contributed by atoms with Gasteiger partial charge < -0.3 is 15.0 Å². The fourth-order valence-electron chi connectivity index (χ4n) is 2.85. The molecule has 1 fully saturated rings. The van der Waals surface area contributed by atoms with E-state index in [-0.39, 0.29) is 17.2 Å². The van der Waals surface area contributed by atoms with Crippen LogP contribution in [0.15, 0.2) is 24.3 Å². The highest BCUT2D eigenvalue weighted by Crippen LogP contribution is 2.29. The highest BCUT2D eigenvalue weighted by atomic mass is 19.4. The predicted octanol–water partition coefficient (Wildman–Crippen LogP) is 3.08. The number of benzene rings is 1. The first kappa shape index (κ1) is 16.5. The first-order chi connectivity index (χ1) is 10.2. The van der Waals surface area contributed by atoms with Crippen LogP contribution in [0.3, 0.4) is 0 Å². The molecule has 1 N–H and O–H groups in total. The summed E-state index contributed by atoms with van der Waals surface area (Å²) in [5.74, 6) is -0.323. The highest BCUT2D eigenvalue weighted by molar-refractivity contribution is 5.74. The molecular weight excluding hydrogens is 297 g/mol. The third-order valence-electron chi connectivity index (χ3n) is 3.61. The number of rotatable bonds is 3. The summed E-state index contributed by atoms with van der Waals surface area (Å²) in [6.07, 6.45) is -2.91. The van der Waals surface area contributed by atoms with E-state index in [4.69, 9.17) is 0 Å². The van der Waals surface area contributed by atoms with E-state index in [9.17, 15) is 18.0 Å². The molecule has 1 aromatic rings. The van der Waals surface area contributed by atoms with Crippen molar-refractivity contribution in [3.8, 4) is 5.75 Å². The lowest BCUT2D eigenvalue weighted by Gasteiger charge is -2.42. The third-order valence-corrected chi connectivity index (χ3v) is 3.61. The van der Waals surface area contributed by atoms with Crippen molar-refractivity contribution >= 4 is 11.6 Å². The molecule has 1 heterocycles. The van der Waals surface area contributed by atoms with Crippen molar-refractivity contribution in [1.29, 1.82) is 0 Å². The minimum Gasteiger partial charge on any atom is -0.406 e. The lowest BCUT2D eigenvalue weighted by molar-refractivity contribution is -0.274. The number of nitrogens with zero attached hydrogens (tertiary/aromatic N) is 1. The first-order valence-corrected chi connectivity index (χ1v) is 7.06. The molecular formula is C15H19F3N2O2. The van der Waals surface area contributed by atoms with Gasteiger partial charge in [-0.1, -0.05) is 0 Å². The standard InChI is InChI=1S/C15H19F3N2O2/c1-11(21)19-14(2)8-3-9-20(10-14)12-4-6-13(7-5-12)22-15(16,17)18/h4-7H,3,8-10H2,1-2H3,(H,19,21). The zero-order valence-electron chi connectivity index (χ0n) is 12.5. The SMILES string of the molecule is CC(=O)NC1(C)CCCN(c2ccc(OC(F)(F)F)cc2)C1. The normalized spacial score (nSPS) is 22.3. The van der Waals surface area contributed by atoms with E-state index in [1.807, 2.05) is 6.92 Å². The molecule has 1 aliphatic heterocycles. The largest absolute Gasteiger partial charge is 0.573 e. The summed E-state index contributed by atoms with van der Waals surface area (Å²) in [5, 5.41) is 2.95.